The largest absolute Gasteiger partial charge is 0.478 e. The second-order valence-electron chi connectivity index (χ2n) is 4.33. The third-order valence-electron chi connectivity index (χ3n) is 3.07. The number of aliphatic carboxylic acids is 1. The zero-order valence-electron chi connectivity index (χ0n) is 9.53. The zero-order chi connectivity index (χ0) is 11.3. The van der Waals surface area contributed by atoms with Crippen molar-refractivity contribution in [1.82, 2.24) is 0 Å². The molecule has 2 atom stereocenters. The van der Waals surface area contributed by atoms with Crippen molar-refractivity contribution in [1.29, 1.82) is 0 Å². The van der Waals surface area contributed by atoms with Crippen LogP contribution in [0.2, 0.25) is 0 Å². The predicted molar refractivity (Wildman–Crippen MR) is 58.8 cm³/mol. The van der Waals surface area contributed by atoms with Crippen LogP contribution in [0.15, 0.2) is 11.6 Å². The Morgan fingerprint density at radius 2 is 2.13 bits per heavy atom. The minimum absolute atomic E-state index is 0.316. The van der Waals surface area contributed by atoms with Crippen molar-refractivity contribution in [3.05, 3.63) is 11.6 Å². The molecular formula is C12H20O3. The van der Waals surface area contributed by atoms with Crippen LogP contribution >= 0.6 is 0 Å². The Morgan fingerprint density at radius 3 is 2.73 bits per heavy atom. The molecule has 0 heterocycles. The molecule has 1 N–H and O–H groups in total. The number of hydrogen-bond donors (Lipinski definition) is 1. The molecule has 1 saturated carbocycles. The van der Waals surface area contributed by atoms with E-state index in [-0.39, 0.29) is 0 Å². The summed E-state index contributed by atoms with van der Waals surface area (Å²) in [6.07, 6.45) is 6.83. The number of carbonyl (C=O) groups is 1. The number of rotatable bonds is 4. The van der Waals surface area contributed by atoms with E-state index in [1.165, 1.54) is 19.3 Å². The van der Waals surface area contributed by atoms with Gasteiger partial charge >= 0.3 is 5.97 Å². The minimum atomic E-state index is -0.865. The summed E-state index contributed by atoms with van der Waals surface area (Å²) in [5, 5.41) is 8.65. The van der Waals surface area contributed by atoms with Crippen LogP contribution in [0.5, 0.6) is 0 Å². The molecule has 0 aromatic carbocycles. The van der Waals surface area contributed by atoms with E-state index in [0.717, 1.165) is 6.42 Å². The molecule has 0 aliphatic heterocycles. The molecule has 1 aliphatic rings. The third kappa shape index (κ3) is 4.04. The summed E-state index contributed by atoms with van der Waals surface area (Å²) in [4.78, 5) is 10.5. The lowest BCUT2D eigenvalue weighted by Crippen LogP contribution is -2.25. The Labute approximate surface area is 91.1 Å². The molecule has 0 aromatic rings. The van der Waals surface area contributed by atoms with E-state index in [1.807, 2.05) is 0 Å². The Bertz CT molecular complexity index is 245. The Balaban J connectivity index is 2.30. The van der Waals surface area contributed by atoms with Gasteiger partial charge in [-0.2, -0.15) is 0 Å². The summed E-state index contributed by atoms with van der Waals surface area (Å²) in [5.74, 6) is -0.257. The summed E-state index contributed by atoms with van der Waals surface area (Å²) >= 11 is 0. The fourth-order valence-electron chi connectivity index (χ4n) is 1.91. The minimum Gasteiger partial charge on any atom is -0.478 e. The van der Waals surface area contributed by atoms with Gasteiger partial charge in [-0.25, -0.2) is 4.79 Å². The third-order valence-corrected chi connectivity index (χ3v) is 3.07. The normalized spacial score (nSPS) is 27.7. The van der Waals surface area contributed by atoms with Crippen molar-refractivity contribution in [2.75, 3.05) is 6.61 Å². The second kappa shape index (κ2) is 5.91. The van der Waals surface area contributed by atoms with Gasteiger partial charge in [0.05, 0.1) is 12.7 Å². The van der Waals surface area contributed by atoms with Crippen molar-refractivity contribution in [2.24, 2.45) is 5.92 Å². The van der Waals surface area contributed by atoms with Crippen molar-refractivity contribution >= 4 is 5.97 Å². The number of carboxylic acids is 1. The highest BCUT2D eigenvalue weighted by Gasteiger charge is 2.21. The van der Waals surface area contributed by atoms with Gasteiger partial charge in [-0.15, -0.1) is 0 Å². The van der Waals surface area contributed by atoms with Gasteiger partial charge in [0.1, 0.15) is 0 Å². The SMILES string of the molecule is CC(=CCOC1CCCCC1C)C(=O)O. The lowest BCUT2D eigenvalue weighted by Gasteiger charge is -2.28. The molecule has 1 fully saturated rings. The molecule has 0 saturated heterocycles. The van der Waals surface area contributed by atoms with Crippen molar-refractivity contribution in [3.63, 3.8) is 0 Å². The Morgan fingerprint density at radius 1 is 1.47 bits per heavy atom. The van der Waals surface area contributed by atoms with Crippen molar-refractivity contribution < 1.29 is 14.6 Å². The van der Waals surface area contributed by atoms with E-state index in [2.05, 4.69) is 6.92 Å². The molecule has 15 heavy (non-hydrogen) atoms. The topological polar surface area (TPSA) is 46.5 Å². The van der Waals surface area contributed by atoms with Crippen LogP contribution in [-0.2, 0) is 9.53 Å². The predicted octanol–water partition coefficient (Wildman–Crippen LogP) is 2.61. The monoisotopic (exact) mass is 212 g/mol. The fourth-order valence-corrected chi connectivity index (χ4v) is 1.91. The molecule has 1 rings (SSSR count). The molecule has 0 bridgehead atoms. The van der Waals surface area contributed by atoms with E-state index < -0.39 is 5.97 Å². The van der Waals surface area contributed by atoms with Gasteiger partial charge in [0.15, 0.2) is 0 Å². The standard InChI is InChI=1S/C12H20O3/c1-9-5-3-4-6-11(9)15-8-7-10(2)12(13)14/h7,9,11H,3-6,8H2,1-2H3,(H,13,14). The maximum Gasteiger partial charge on any atom is 0.331 e. The van der Waals surface area contributed by atoms with Crippen molar-refractivity contribution in [3.8, 4) is 0 Å². The highest BCUT2D eigenvalue weighted by Crippen LogP contribution is 2.26. The molecule has 0 spiro atoms. The van der Waals surface area contributed by atoms with E-state index >= 15 is 0 Å². The highest BCUT2D eigenvalue weighted by atomic mass is 16.5. The van der Waals surface area contributed by atoms with Gasteiger partial charge in [0.2, 0.25) is 0 Å². The maximum atomic E-state index is 10.5. The first-order chi connectivity index (χ1) is 7.11. The molecular weight excluding hydrogens is 192 g/mol. The van der Waals surface area contributed by atoms with Gasteiger partial charge in [0.25, 0.3) is 0 Å². The Kier molecular flexibility index (Phi) is 4.82. The zero-order valence-corrected chi connectivity index (χ0v) is 9.53. The maximum absolute atomic E-state index is 10.5. The van der Waals surface area contributed by atoms with Gasteiger partial charge in [-0.3, -0.25) is 0 Å². The smallest absolute Gasteiger partial charge is 0.331 e. The molecule has 0 aromatic heterocycles. The van der Waals surface area contributed by atoms with Crippen LogP contribution in [0.1, 0.15) is 39.5 Å². The molecule has 0 amide bonds. The van der Waals surface area contributed by atoms with Crippen LogP contribution in [0.4, 0.5) is 0 Å². The van der Waals surface area contributed by atoms with Gasteiger partial charge in [-0.1, -0.05) is 19.8 Å². The first-order valence-electron chi connectivity index (χ1n) is 5.63. The summed E-state index contributed by atoms with van der Waals surface area (Å²) in [5.41, 5.74) is 0.360. The highest BCUT2D eigenvalue weighted by molar-refractivity contribution is 5.85. The first kappa shape index (κ1) is 12.2. The summed E-state index contributed by atoms with van der Waals surface area (Å²) < 4.78 is 5.68. The van der Waals surface area contributed by atoms with E-state index in [9.17, 15) is 4.79 Å². The number of hydrogen-bond acceptors (Lipinski definition) is 2. The molecule has 86 valence electrons. The molecule has 3 heteroatoms. The summed E-state index contributed by atoms with van der Waals surface area (Å²) in [7, 11) is 0. The molecule has 3 nitrogen and oxygen atoms in total. The van der Waals surface area contributed by atoms with E-state index in [0.29, 0.717) is 24.2 Å². The van der Waals surface area contributed by atoms with E-state index in [1.54, 1.807) is 13.0 Å². The average Bonchev–Trinajstić information content (AvgIpc) is 2.20. The summed E-state index contributed by atoms with van der Waals surface area (Å²) in [6, 6.07) is 0. The number of carboxylic acid groups (broad SMARTS) is 1. The van der Waals surface area contributed by atoms with Crippen LogP contribution < -0.4 is 0 Å². The molecule has 0 radical (unpaired) electrons. The molecule has 1 aliphatic carbocycles. The van der Waals surface area contributed by atoms with Crippen LogP contribution in [0, 0.1) is 5.92 Å². The summed E-state index contributed by atoms with van der Waals surface area (Å²) in [6.45, 7) is 4.22. The van der Waals surface area contributed by atoms with Gasteiger partial charge in [-0.05, 0) is 31.8 Å². The number of ether oxygens (including phenoxy) is 1. The van der Waals surface area contributed by atoms with Gasteiger partial charge in [0, 0.05) is 5.57 Å². The van der Waals surface area contributed by atoms with Gasteiger partial charge < -0.3 is 9.84 Å². The lowest BCUT2D eigenvalue weighted by molar-refractivity contribution is -0.132. The van der Waals surface area contributed by atoms with Crippen LogP contribution in [0.25, 0.3) is 0 Å². The quantitative estimate of drug-likeness (QED) is 0.729. The van der Waals surface area contributed by atoms with Crippen molar-refractivity contribution in [2.45, 2.75) is 45.6 Å². The molecule has 2 unspecified atom stereocenters. The lowest BCUT2D eigenvalue weighted by atomic mass is 9.88. The fraction of sp³-hybridized carbons (Fsp3) is 0.750. The van der Waals surface area contributed by atoms with E-state index in [4.69, 9.17) is 9.84 Å². The Hall–Kier alpha value is -0.830. The second-order valence-corrected chi connectivity index (χ2v) is 4.33. The van der Waals surface area contributed by atoms with Crippen LogP contribution in [0.3, 0.4) is 0 Å². The first-order valence-corrected chi connectivity index (χ1v) is 5.63. The van der Waals surface area contributed by atoms with Crippen LogP contribution in [-0.4, -0.2) is 23.8 Å². The average molecular weight is 212 g/mol.